The third kappa shape index (κ3) is 4.75. The Balaban J connectivity index is 1.83. The van der Waals surface area contributed by atoms with Crippen LogP contribution in [0.15, 0.2) is 60.8 Å². The van der Waals surface area contributed by atoms with Gasteiger partial charge in [-0.1, -0.05) is 35.9 Å². The van der Waals surface area contributed by atoms with Gasteiger partial charge in [0, 0.05) is 24.9 Å². The van der Waals surface area contributed by atoms with Crippen LogP contribution >= 0.6 is 11.6 Å². The van der Waals surface area contributed by atoms with Crippen molar-refractivity contribution in [3.05, 3.63) is 83.0 Å². The Hall–Kier alpha value is -3.32. The zero-order chi connectivity index (χ0) is 21.0. The van der Waals surface area contributed by atoms with Crippen LogP contribution in [-0.4, -0.2) is 16.8 Å². The highest BCUT2D eigenvalue weighted by Gasteiger charge is 2.19. The minimum absolute atomic E-state index is 0.0440. The number of pyridine rings is 1. The van der Waals surface area contributed by atoms with Crippen molar-refractivity contribution < 1.29 is 18.4 Å². The fraction of sp³-hybridized carbons (Fsp3) is 0.0952. The second-order valence-corrected chi connectivity index (χ2v) is 6.52. The van der Waals surface area contributed by atoms with Crippen LogP contribution in [0.4, 0.5) is 26.0 Å². The predicted molar refractivity (Wildman–Crippen MR) is 107 cm³/mol. The fourth-order valence-electron chi connectivity index (χ4n) is 2.77. The molecule has 3 rings (SSSR count). The molecule has 1 aromatic heterocycles. The molecule has 0 fully saturated rings. The van der Waals surface area contributed by atoms with Crippen molar-refractivity contribution in [2.75, 3.05) is 10.2 Å². The van der Waals surface area contributed by atoms with Crippen LogP contribution in [0.2, 0.25) is 5.02 Å². The van der Waals surface area contributed by atoms with Crippen molar-refractivity contribution in [3.8, 4) is 0 Å². The van der Waals surface area contributed by atoms with Gasteiger partial charge in [-0.3, -0.25) is 14.5 Å². The lowest BCUT2D eigenvalue weighted by molar-refractivity contribution is -0.116. The maximum atomic E-state index is 14.2. The van der Waals surface area contributed by atoms with Gasteiger partial charge in [0.05, 0.1) is 17.1 Å². The molecule has 0 aliphatic rings. The van der Waals surface area contributed by atoms with E-state index >= 15 is 0 Å². The minimum Gasteiger partial charge on any atom is -0.326 e. The normalized spacial score (nSPS) is 10.5. The number of anilines is 3. The molecule has 0 aliphatic carbocycles. The van der Waals surface area contributed by atoms with Crippen molar-refractivity contribution in [2.45, 2.75) is 13.3 Å². The van der Waals surface area contributed by atoms with Gasteiger partial charge in [-0.2, -0.15) is 0 Å². The van der Waals surface area contributed by atoms with E-state index in [-0.39, 0.29) is 22.9 Å². The number of amides is 2. The molecule has 0 saturated carbocycles. The zero-order valence-electron chi connectivity index (χ0n) is 15.3. The van der Waals surface area contributed by atoms with Gasteiger partial charge in [-0.05, 0) is 29.8 Å². The number of benzene rings is 2. The van der Waals surface area contributed by atoms with Crippen LogP contribution in [0.3, 0.4) is 0 Å². The molecule has 3 aromatic rings. The Kier molecular flexibility index (Phi) is 6.19. The lowest BCUT2D eigenvalue weighted by Crippen LogP contribution is -2.25. The Morgan fingerprint density at radius 1 is 1.07 bits per heavy atom. The number of para-hydroxylation sites is 1. The average Bonchev–Trinajstić information content (AvgIpc) is 2.67. The molecule has 0 radical (unpaired) electrons. The second-order valence-electron chi connectivity index (χ2n) is 6.15. The van der Waals surface area contributed by atoms with Gasteiger partial charge in [0.15, 0.2) is 0 Å². The molecular formula is C21H16ClF2N3O2. The first-order valence-electron chi connectivity index (χ1n) is 8.61. The lowest BCUT2D eigenvalue weighted by atomic mass is 10.1. The van der Waals surface area contributed by atoms with Crippen LogP contribution in [0.1, 0.15) is 12.5 Å². The Morgan fingerprint density at radius 3 is 2.52 bits per heavy atom. The Morgan fingerprint density at radius 2 is 1.79 bits per heavy atom. The van der Waals surface area contributed by atoms with Gasteiger partial charge < -0.3 is 5.32 Å². The molecule has 0 atom stereocenters. The number of hydrogen-bond acceptors (Lipinski definition) is 3. The summed E-state index contributed by atoms with van der Waals surface area (Å²) in [4.78, 5) is 29.7. The van der Waals surface area contributed by atoms with Gasteiger partial charge in [0.2, 0.25) is 11.8 Å². The Labute approximate surface area is 170 Å². The molecule has 1 heterocycles. The highest BCUT2D eigenvalue weighted by atomic mass is 35.5. The molecular weight excluding hydrogens is 400 g/mol. The zero-order valence-corrected chi connectivity index (χ0v) is 16.1. The van der Waals surface area contributed by atoms with Gasteiger partial charge in [-0.15, -0.1) is 0 Å². The van der Waals surface area contributed by atoms with Crippen molar-refractivity contribution >= 4 is 40.6 Å². The highest BCUT2D eigenvalue weighted by molar-refractivity contribution is 6.31. The quantitative estimate of drug-likeness (QED) is 0.646. The fourth-order valence-corrected chi connectivity index (χ4v) is 2.96. The number of carbonyl (C=O) groups excluding carboxylic acids is 2. The summed E-state index contributed by atoms with van der Waals surface area (Å²) in [5, 5.41) is 2.53. The van der Waals surface area contributed by atoms with E-state index in [1.807, 2.05) is 0 Å². The lowest BCUT2D eigenvalue weighted by Gasteiger charge is -2.21. The van der Waals surface area contributed by atoms with Gasteiger partial charge >= 0.3 is 0 Å². The maximum absolute atomic E-state index is 14.2. The first-order chi connectivity index (χ1) is 13.9. The van der Waals surface area contributed by atoms with E-state index in [9.17, 15) is 18.4 Å². The van der Waals surface area contributed by atoms with Crippen molar-refractivity contribution in [1.29, 1.82) is 0 Å². The standard InChI is InChI=1S/C21H16ClF2N3O2/c1-13(28)27(18-8-3-2-6-16(18)23)19-12-15(9-10-25-19)26-20(29)11-14-5-4-7-17(24)21(14)22/h2-10,12H,11H2,1H3,(H,25,26,29). The monoisotopic (exact) mass is 415 g/mol. The first kappa shape index (κ1) is 20.4. The molecule has 0 unspecified atom stereocenters. The van der Waals surface area contributed by atoms with Gasteiger partial charge in [0.1, 0.15) is 17.5 Å². The summed E-state index contributed by atoms with van der Waals surface area (Å²) < 4.78 is 27.7. The summed E-state index contributed by atoms with van der Waals surface area (Å²) in [5.41, 5.74) is 0.729. The summed E-state index contributed by atoms with van der Waals surface area (Å²) in [7, 11) is 0. The molecule has 148 valence electrons. The minimum atomic E-state index is -0.606. The third-order valence-corrected chi connectivity index (χ3v) is 4.47. The van der Waals surface area contributed by atoms with Crippen LogP contribution in [0.25, 0.3) is 0 Å². The summed E-state index contributed by atoms with van der Waals surface area (Å²) in [6.07, 6.45) is 1.24. The average molecular weight is 416 g/mol. The molecule has 0 spiro atoms. The molecule has 0 saturated heterocycles. The van der Waals surface area contributed by atoms with E-state index in [1.54, 1.807) is 12.1 Å². The molecule has 5 nitrogen and oxygen atoms in total. The van der Waals surface area contributed by atoms with Gasteiger partial charge in [-0.25, -0.2) is 13.8 Å². The van der Waals surface area contributed by atoms with Crippen molar-refractivity contribution in [2.24, 2.45) is 0 Å². The van der Waals surface area contributed by atoms with Crippen molar-refractivity contribution in [3.63, 3.8) is 0 Å². The molecule has 8 heteroatoms. The van der Waals surface area contributed by atoms with E-state index in [4.69, 9.17) is 11.6 Å². The number of hydrogen-bond donors (Lipinski definition) is 1. The van der Waals surface area contributed by atoms with Crippen LogP contribution in [0.5, 0.6) is 0 Å². The number of halogens is 3. The topological polar surface area (TPSA) is 62.3 Å². The Bertz CT molecular complexity index is 1080. The third-order valence-electron chi connectivity index (χ3n) is 4.05. The number of carbonyl (C=O) groups is 2. The van der Waals surface area contributed by atoms with Crippen LogP contribution in [0, 0.1) is 11.6 Å². The highest BCUT2D eigenvalue weighted by Crippen LogP contribution is 2.28. The van der Waals surface area contributed by atoms with E-state index < -0.39 is 23.4 Å². The summed E-state index contributed by atoms with van der Waals surface area (Å²) in [6, 6.07) is 13.0. The number of aromatic nitrogens is 1. The summed E-state index contributed by atoms with van der Waals surface area (Å²) in [6.45, 7) is 1.28. The molecule has 0 bridgehead atoms. The molecule has 0 aliphatic heterocycles. The molecule has 2 amide bonds. The van der Waals surface area contributed by atoms with Crippen LogP contribution in [-0.2, 0) is 16.0 Å². The SMILES string of the molecule is CC(=O)N(c1cc(NC(=O)Cc2cccc(F)c2Cl)ccn1)c1ccccc1F. The number of nitrogens with zero attached hydrogens (tertiary/aromatic N) is 2. The first-order valence-corrected chi connectivity index (χ1v) is 8.98. The number of rotatable bonds is 5. The summed E-state index contributed by atoms with van der Waals surface area (Å²) >= 11 is 5.88. The molecule has 29 heavy (non-hydrogen) atoms. The van der Waals surface area contributed by atoms with E-state index in [0.29, 0.717) is 11.3 Å². The largest absolute Gasteiger partial charge is 0.326 e. The smallest absolute Gasteiger partial charge is 0.229 e. The second kappa shape index (κ2) is 8.79. The van der Waals surface area contributed by atoms with E-state index in [1.165, 1.54) is 55.6 Å². The molecule has 1 N–H and O–H groups in total. The predicted octanol–water partition coefficient (Wildman–Crippen LogP) is 4.88. The van der Waals surface area contributed by atoms with Crippen molar-refractivity contribution in [1.82, 2.24) is 4.98 Å². The van der Waals surface area contributed by atoms with E-state index in [2.05, 4.69) is 10.3 Å². The molecule has 2 aromatic carbocycles. The van der Waals surface area contributed by atoms with Gasteiger partial charge in [0.25, 0.3) is 0 Å². The summed E-state index contributed by atoms with van der Waals surface area (Å²) in [5.74, 6) is -1.93. The van der Waals surface area contributed by atoms with E-state index in [0.717, 1.165) is 4.90 Å². The maximum Gasteiger partial charge on any atom is 0.229 e. The number of nitrogens with one attached hydrogen (secondary N) is 1. The van der Waals surface area contributed by atoms with Crippen LogP contribution < -0.4 is 10.2 Å².